The lowest BCUT2D eigenvalue weighted by Crippen LogP contribution is -2.29. The Balaban J connectivity index is 2.78. The quantitative estimate of drug-likeness (QED) is 0.799. The average molecular weight is 206 g/mol. The number of hydrogen-bond donors (Lipinski definition) is 1. The first-order valence-corrected chi connectivity index (χ1v) is 5.66. The van der Waals surface area contributed by atoms with Gasteiger partial charge in [0.25, 0.3) is 0 Å². The van der Waals surface area contributed by atoms with Crippen LogP contribution in [0.15, 0.2) is 18.2 Å². The maximum Gasteiger partial charge on any atom is 0.0239 e. The molecule has 2 heteroatoms. The number of benzene rings is 1. The van der Waals surface area contributed by atoms with Crippen molar-refractivity contribution < 1.29 is 0 Å². The number of aryl methyl sites for hydroxylation is 2. The number of nitrogens with two attached hydrogens (primary N) is 1. The molecule has 0 fully saturated rings. The summed E-state index contributed by atoms with van der Waals surface area (Å²) in [7, 11) is 0. The lowest BCUT2D eigenvalue weighted by Gasteiger charge is -2.21. The number of rotatable bonds is 5. The molecule has 0 aliphatic heterocycles. The van der Waals surface area contributed by atoms with Gasteiger partial charge in [-0.15, -0.1) is 0 Å². The number of hydrogen-bond acceptors (Lipinski definition) is 2. The third-order valence-corrected chi connectivity index (χ3v) is 2.92. The van der Waals surface area contributed by atoms with Gasteiger partial charge in [-0.1, -0.05) is 25.1 Å². The second kappa shape index (κ2) is 5.89. The van der Waals surface area contributed by atoms with Crippen molar-refractivity contribution in [3.8, 4) is 0 Å². The normalized spacial score (nSPS) is 11.0. The van der Waals surface area contributed by atoms with Crippen molar-refractivity contribution in [1.29, 1.82) is 0 Å². The third kappa shape index (κ3) is 3.33. The van der Waals surface area contributed by atoms with Crippen molar-refractivity contribution in [3.05, 3.63) is 34.9 Å². The fourth-order valence-electron chi connectivity index (χ4n) is 1.85. The van der Waals surface area contributed by atoms with Crippen molar-refractivity contribution in [3.63, 3.8) is 0 Å². The topological polar surface area (TPSA) is 29.3 Å². The van der Waals surface area contributed by atoms with Crippen LogP contribution >= 0.6 is 0 Å². The van der Waals surface area contributed by atoms with E-state index in [4.69, 9.17) is 5.73 Å². The molecule has 2 N–H and O–H groups in total. The second-order valence-corrected chi connectivity index (χ2v) is 4.03. The van der Waals surface area contributed by atoms with Crippen LogP contribution in [0.3, 0.4) is 0 Å². The summed E-state index contributed by atoms with van der Waals surface area (Å²) in [5.41, 5.74) is 9.80. The molecule has 0 radical (unpaired) electrons. The highest BCUT2D eigenvalue weighted by Crippen LogP contribution is 2.15. The zero-order valence-corrected chi connectivity index (χ0v) is 10.1. The minimum atomic E-state index is 0.735. The van der Waals surface area contributed by atoms with Crippen LogP contribution in [0, 0.1) is 13.8 Å². The Morgan fingerprint density at radius 3 is 2.27 bits per heavy atom. The lowest BCUT2D eigenvalue weighted by atomic mass is 10.0. The maximum absolute atomic E-state index is 5.59. The van der Waals surface area contributed by atoms with E-state index in [-0.39, 0.29) is 0 Å². The largest absolute Gasteiger partial charge is 0.329 e. The highest BCUT2D eigenvalue weighted by molar-refractivity contribution is 5.33. The zero-order valence-electron chi connectivity index (χ0n) is 10.1. The van der Waals surface area contributed by atoms with Crippen molar-refractivity contribution in [2.75, 3.05) is 19.6 Å². The highest BCUT2D eigenvalue weighted by atomic mass is 15.1. The van der Waals surface area contributed by atoms with E-state index in [1.165, 1.54) is 16.7 Å². The summed E-state index contributed by atoms with van der Waals surface area (Å²) in [4.78, 5) is 2.38. The van der Waals surface area contributed by atoms with Crippen molar-refractivity contribution in [2.45, 2.75) is 27.3 Å². The van der Waals surface area contributed by atoms with Crippen molar-refractivity contribution in [1.82, 2.24) is 4.90 Å². The number of likely N-dealkylation sites (N-methyl/N-ethyl adjacent to an activating group) is 1. The van der Waals surface area contributed by atoms with Gasteiger partial charge in [-0.2, -0.15) is 0 Å². The molecule has 0 saturated carbocycles. The van der Waals surface area contributed by atoms with Crippen LogP contribution in [0.1, 0.15) is 23.6 Å². The van der Waals surface area contributed by atoms with Crippen LogP contribution in [0.2, 0.25) is 0 Å². The van der Waals surface area contributed by atoms with Crippen molar-refractivity contribution in [2.24, 2.45) is 5.73 Å². The monoisotopic (exact) mass is 206 g/mol. The SMILES string of the molecule is CCN(CCN)Cc1c(C)cccc1C. The first-order valence-electron chi connectivity index (χ1n) is 5.66. The Bertz CT molecular complexity index is 287. The molecule has 0 aromatic heterocycles. The highest BCUT2D eigenvalue weighted by Gasteiger charge is 2.06. The summed E-state index contributed by atoms with van der Waals surface area (Å²) in [5, 5.41) is 0. The first kappa shape index (κ1) is 12.2. The molecular formula is C13H22N2. The minimum Gasteiger partial charge on any atom is -0.329 e. The Morgan fingerprint density at radius 1 is 1.20 bits per heavy atom. The van der Waals surface area contributed by atoms with Crippen molar-refractivity contribution >= 4 is 0 Å². The minimum absolute atomic E-state index is 0.735. The van der Waals surface area contributed by atoms with E-state index in [0.717, 1.165) is 26.2 Å². The third-order valence-electron chi connectivity index (χ3n) is 2.92. The number of nitrogens with zero attached hydrogens (tertiary/aromatic N) is 1. The van der Waals surface area contributed by atoms with Gasteiger partial charge in [0.15, 0.2) is 0 Å². The molecule has 0 heterocycles. The Morgan fingerprint density at radius 2 is 1.80 bits per heavy atom. The van der Waals surface area contributed by atoms with E-state index in [0.29, 0.717) is 0 Å². The second-order valence-electron chi connectivity index (χ2n) is 4.03. The van der Waals surface area contributed by atoms with Gasteiger partial charge in [0.2, 0.25) is 0 Å². The summed E-state index contributed by atoms with van der Waals surface area (Å²) in [5.74, 6) is 0. The Hall–Kier alpha value is -0.860. The molecule has 15 heavy (non-hydrogen) atoms. The van der Waals surface area contributed by atoms with E-state index in [2.05, 4.69) is 43.9 Å². The Labute approximate surface area is 93.1 Å². The van der Waals surface area contributed by atoms with Gasteiger partial charge in [0, 0.05) is 19.6 Å². The molecule has 1 aromatic rings. The van der Waals surface area contributed by atoms with Crippen LogP contribution in [-0.2, 0) is 6.54 Å². The van der Waals surface area contributed by atoms with Gasteiger partial charge in [0.05, 0.1) is 0 Å². The summed E-state index contributed by atoms with van der Waals surface area (Å²) in [6.07, 6.45) is 0. The van der Waals surface area contributed by atoms with E-state index in [9.17, 15) is 0 Å². The zero-order chi connectivity index (χ0) is 11.3. The fraction of sp³-hybridized carbons (Fsp3) is 0.538. The van der Waals surface area contributed by atoms with Gasteiger partial charge < -0.3 is 5.73 Å². The lowest BCUT2D eigenvalue weighted by molar-refractivity contribution is 0.287. The average Bonchev–Trinajstić information content (AvgIpc) is 2.22. The van der Waals surface area contributed by atoms with Gasteiger partial charge in [-0.3, -0.25) is 4.90 Å². The molecule has 0 spiro atoms. The standard InChI is InChI=1S/C13H22N2/c1-4-15(9-8-14)10-13-11(2)6-5-7-12(13)3/h5-7H,4,8-10,14H2,1-3H3. The van der Waals surface area contributed by atoms with E-state index in [1.54, 1.807) is 0 Å². The van der Waals surface area contributed by atoms with E-state index < -0.39 is 0 Å². The molecule has 0 amide bonds. The summed E-state index contributed by atoms with van der Waals surface area (Å²) < 4.78 is 0. The summed E-state index contributed by atoms with van der Waals surface area (Å²) in [6, 6.07) is 6.48. The molecule has 0 saturated heterocycles. The van der Waals surface area contributed by atoms with Crippen LogP contribution in [-0.4, -0.2) is 24.5 Å². The van der Waals surface area contributed by atoms with E-state index >= 15 is 0 Å². The van der Waals surface area contributed by atoms with Crippen LogP contribution in [0.5, 0.6) is 0 Å². The van der Waals surface area contributed by atoms with Crippen LogP contribution in [0.25, 0.3) is 0 Å². The predicted molar refractivity (Wildman–Crippen MR) is 65.9 cm³/mol. The molecule has 84 valence electrons. The van der Waals surface area contributed by atoms with Gasteiger partial charge in [0.1, 0.15) is 0 Å². The molecule has 0 atom stereocenters. The predicted octanol–water partition coefficient (Wildman–Crippen LogP) is 2.08. The Kier molecular flexibility index (Phi) is 4.79. The maximum atomic E-state index is 5.59. The van der Waals surface area contributed by atoms with Crippen LogP contribution in [0.4, 0.5) is 0 Å². The first-order chi connectivity index (χ1) is 7.19. The van der Waals surface area contributed by atoms with Gasteiger partial charge in [-0.25, -0.2) is 0 Å². The smallest absolute Gasteiger partial charge is 0.0239 e. The summed E-state index contributed by atoms with van der Waals surface area (Å²) >= 11 is 0. The summed E-state index contributed by atoms with van der Waals surface area (Å²) in [6.45, 7) is 10.3. The molecule has 2 nitrogen and oxygen atoms in total. The van der Waals surface area contributed by atoms with Crippen LogP contribution < -0.4 is 5.73 Å². The van der Waals surface area contributed by atoms with Gasteiger partial charge in [-0.05, 0) is 37.1 Å². The molecule has 1 aromatic carbocycles. The van der Waals surface area contributed by atoms with Gasteiger partial charge >= 0.3 is 0 Å². The molecule has 0 aliphatic rings. The molecular weight excluding hydrogens is 184 g/mol. The van der Waals surface area contributed by atoms with E-state index in [1.807, 2.05) is 0 Å². The fourth-order valence-corrected chi connectivity index (χ4v) is 1.85. The molecule has 1 rings (SSSR count). The molecule has 0 bridgehead atoms. The molecule has 0 aliphatic carbocycles. The molecule has 0 unspecified atom stereocenters.